The van der Waals surface area contributed by atoms with Gasteiger partial charge in [0.2, 0.25) is 0 Å². The van der Waals surface area contributed by atoms with Gasteiger partial charge in [0.05, 0.1) is 19.8 Å². The molecule has 3 rings (SSSR count). The molecule has 3 saturated heterocycles. The standard InChI is InChI=1S/C17H30O15/c18-1-5-8(21)10(23)12(25)17(31-5)32-14-9(22)6(30-15(27)13(14)26)3-29-16-11(24)7(20)4(19)2-28-16/h4-27H,1-3H2. The van der Waals surface area contributed by atoms with Crippen molar-refractivity contribution in [3.05, 3.63) is 0 Å². The first-order chi connectivity index (χ1) is 15.1. The van der Waals surface area contributed by atoms with Crippen molar-refractivity contribution in [1.29, 1.82) is 0 Å². The van der Waals surface area contributed by atoms with Crippen LogP contribution in [0.3, 0.4) is 0 Å². The van der Waals surface area contributed by atoms with E-state index in [9.17, 15) is 51.1 Å². The molecule has 0 aromatic rings. The summed E-state index contributed by atoms with van der Waals surface area (Å²) in [6, 6.07) is 0. The average Bonchev–Trinajstić information content (AvgIpc) is 2.77. The fraction of sp³-hybridized carbons (Fsp3) is 1.00. The van der Waals surface area contributed by atoms with Crippen molar-refractivity contribution in [2.45, 2.75) is 86.0 Å². The van der Waals surface area contributed by atoms with E-state index in [2.05, 4.69) is 0 Å². The molecule has 0 aromatic heterocycles. The van der Waals surface area contributed by atoms with Crippen LogP contribution in [0.15, 0.2) is 0 Å². The molecule has 0 aliphatic carbocycles. The molecule has 3 aliphatic heterocycles. The second kappa shape index (κ2) is 10.8. The van der Waals surface area contributed by atoms with Gasteiger partial charge in [-0.3, -0.25) is 0 Å². The highest BCUT2D eigenvalue weighted by atomic mass is 16.7. The molecule has 15 nitrogen and oxygen atoms in total. The normalized spacial score (nSPS) is 52.7. The van der Waals surface area contributed by atoms with Crippen LogP contribution in [0.2, 0.25) is 0 Å². The van der Waals surface area contributed by atoms with Crippen molar-refractivity contribution in [2.24, 2.45) is 0 Å². The Morgan fingerprint density at radius 3 is 1.97 bits per heavy atom. The van der Waals surface area contributed by atoms with Crippen LogP contribution in [0.5, 0.6) is 0 Å². The van der Waals surface area contributed by atoms with E-state index in [-0.39, 0.29) is 6.61 Å². The van der Waals surface area contributed by atoms with Gasteiger partial charge in [0.15, 0.2) is 18.9 Å². The summed E-state index contributed by atoms with van der Waals surface area (Å²) in [7, 11) is 0. The SMILES string of the molecule is OCC1OC(OC2C(O)C(O)OC(COC3OCC(O)C(O)C3O)C2O)C(O)C(O)C1O. The third-order valence-electron chi connectivity index (χ3n) is 5.68. The van der Waals surface area contributed by atoms with Crippen LogP contribution in [0.4, 0.5) is 0 Å². The molecule has 0 aromatic carbocycles. The molecule has 0 radical (unpaired) electrons. The lowest BCUT2D eigenvalue weighted by molar-refractivity contribution is -0.360. The highest BCUT2D eigenvalue weighted by Gasteiger charge is 2.50. The van der Waals surface area contributed by atoms with Crippen molar-refractivity contribution in [3.63, 3.8) is 0 Å². The van der Waals surface area contributed by atoms with Gasteiger partial charge >= 0.3 is 0 Å². The van der Waals surface area contributed by atoms with Crippen LogP contribution in [0.1, 0.15) is 0 Å². The molecule has 10 N–H and O–H groups in total. The second-order valence-corrected chi connectivity index (χ2v) is 7.93. The molecule has 0 saturated carbocycles. The fourth-order valence-corrected chi connectivity index (χ4v) is 3.67. The lowest BCUT2D eigenvalue weighted by atomic mass is 9.97. The van der Waals surface area contributed by atoms with E-state index in [1.807, 2.05) is 0 Å². The predicted octanol–water partition coefficient (Wildman–Crippen LogP) is -6.93. The Hall–Kier alpha value is -0.600. The molecule has 0 amide bonds. The lowest BCUT2D eigenvalue weighted by Crippen LogP contribution is -2.64. The first-order valence-electron chi connectivity index (χ1n) is 9.99. The summed E-state index contributed by atoms with van der Waals surface area (Å²) < 4.78 is 26.0. The van der Waals surface area contributed by atoms with Crippen LogP contribution in [-0.2, 0) is 23.7 Å². The van der Waals surface area contributed by atoms with E-state index in [0.717, 1.165) is 0 Å². The highest BCUT2D eigenvalue weighted by Crippen LogP contribution is 2.29. The molecule has 14 atom stereocenters. The smallest absolute Gasteiger partial charge is 0.187 e. The monoisotopic (exact) mass is 474 g/mol. The molecule has 3 aliphatic rings. The van der Waals surface area contributed by atoms with Gasteiger partial charge in [0.25, 0.3) is 0 Å². The molecule has 32 heavy (non-hydrogen) atoms. The number of aliphatic hydroxyl groups excluding tert-OH is 10. The van der Waals surface area contributed by atoms with E-state index in [4.69, 9.17) is 23.7 Å². The van der Waals surface area contributed by atoms with Gasteiger partial charge in [0.1, 0.15) is 67.1 Å². The molecule has 0 bridgehead atoms. The van der Waals surface area contributed by atoms with E-state index in [1.165, 1.54) is 0 Å². The van der Waals surface area contributed by atoms with Crippen molar-refractivity contribution in [3.8, 4) is 0 Å². The third-order valence-corrected chi connectivity index (χ3v) is 5.68. The summed E-state index contributed by atoms with van der Waals surface area (Å²) in [4.78, 5) is 0. The summed E-state index contributed by atoms with van der Waals surface area (Å²) in [5, 5.41) is 98.8. The Morgan fingerprint density at radius 1 is 0.656 bits per heavy atom. The van der Waals surface area contributed by atoms with E-state index in [0.29, 0.717) is 0 Å². The Bertz CT molecular complexity index is 594. The first-order valence-corrected chi connectivity index (χ1v) is 9.99. The van der Waals surface area contributed by atoms with Crippen LogP contribution >= 0.6 is 0 Å². The van der Waals surface area contributed by atoms with Gasteiger partial charge in [0, 0.05) is 0 Å². The zero-order valence-corrected chi connectivity index (χ0v) is 16.7. The maximum atomic E-state index is 10.6. The molecule has 15 heteroatoms. The van der Waals surface area contributed by atoms with Crippen molar-refractivity contribution in [1.82, 2.24) is 0 Å². The third kappa shape index (κ3) is 5.22. The van der Waals surface area contributed by atoms with E-state index in [1.54, 1.807) is 0 Å². The average molecular weight is 474 g/mol. The van der Waals surface area contributed by atoms with Crippen molar-refractivity contribution in [2.75, 3.05) is 19.8 Å². The summed E-state index contributed by atoms with van der Waals surface area (Å²) in [5.41, 5.74) is 0. The molecular weight excluding hydrogens is 444 g/mol. The number of aliphatic hydroxyl groups is 10. The number of hydrogen-bond donors (Lipinski definition) is 10. The Kier molecular flexibility index (Phi) is 8.75. The quantitative estimate of drug-likeness (QED) is 0.172. The molecule has 3 fully saturated rings. The zero-order valence-electron chi connectivity index (χ0n) is 16.7. The van der Waals surface area contributed by atoms with Crippen LogP contribution in [0.25, 0.3) is 0 Å². The van der Waals surface area contributed by atoms with Crippen molar-refractivity contribution < 1.29 is 74.7 Å². The first kappa shape index (κ1) is 26.0. The van der Waals surface area contributed by atoms with Gasteiger partial charge in [-0.25, -0.2) is 0 Å². The molecule has 188 valence electrons. The Balaban J connectivity index is 1.64. The van der Waals surface area contributed by atoms with E-state index < -0.39 is 99.2 Å². The largest absolute Gasteiger partial charge is 0.394 e. The number of hydrogen-bond acceptors (Lipinski definition) is 15. The maximum absolute atomic E-state index is 10.6. The van der Waals surface area contributed by atoms with Gasteiger partial charge in [-0.2, -0.15) is 0 Å². The van der Waals surface area contributed by atoms with Gasteiger partial charge in [-0.15, -0.1) is 0 Å². The fourth-order valence-electron chi connectivity index (χ4n) is 3.67. The highest BCUT2D eigenvalue weighted by molar-refractivity contribution is 4.94. The molecule has 14 unspecified atom stereocenters. The summed E-state index contributed by atoms with van der Waals surface area (Å²) in [5.74, 6) is 0. The molecule has 3 heterocycles. The van der Waals surface area contributed by atoms with Crippen LogP contribution in [-0.4, -0.2) is 157 Å². The number of ether oxygens (including phenoxy) is 5. The Labute approximate surface area is 181 Å². The maximum Gasteiger partial charge on any atom is 0.187 e. The van der Waals surface area contributed by atoms with Gasteiger partial charge in [-0.05, 0) is 0 Å². The van der Waals surface area contributed by atoms with Gasteiger partial charge in [-0.1, -0.05) is 0 Å². The van der Waals surface area contributed by atoms with Crippen molar-refractivity contribution >= 4 is 0 Å². The van der Waals surface area contributed by atoms with Crippen LogP contribution < -0.4 is 0 Å². The molecule has 0 spiro atoms. The topological polar surface area (TPSA) is 248 Å². The number of rotatable bonds is 6. The zero-order chi connectivity index (χ0) is 23.7. The minimum Gasteiger partial charge on any atom is -0.394 e. The summed E-state index contributed by atoms with van der Waals surface area (Å²) in [6.45, 7) is -1.59. The van der Waals surface area contributed by atoms with E-state index >= 15 is 0 Å². The predicted molar refractivity (Wildman–Crippen MR) is 95.2 cm³/mol. The minimum absolute atomic E-state index is 0.332. The minimum atomic E-state index is -1.88. The summed E-state index contributed by atoms with van der Waals surface area (Å²) in [6.07, 6.45) is -22.5. The van der Waals surface area contributed by atoms with Gasteiger partial charge < -0.3 is 74.7 Å². The summed E-state index contributed by atoms with van der Waals surface area (Å²) >= 11 is 0. The Morgan fingerprint density at radius 2 is 1.31 bits per heavy atom. The lowest BCUT2D eigenvalue weighted by Gasteiger charge is -2.45. The second-order valence-electron chi connectivity index (χ2n) is 7.93. The van der Waals surface area contributed by atoms with Crippen LogP contribution in [0, 0.1) is 0 Å². The molecular formula is C17H30O15.